The van der Waals surface area contributed by atoms with Crippen LogP contribution in [0.1, 0.15) is 6.92 Å². The summed E-state index contributed by atoms with van der Waals surface area (Å²) in [5, 5.41) is 2.47. The van der Waals surface area contributed by atoms with Crippen molar-refractivity contribution in [2.75, 3.05) is 11.9 Å². The lowest BCUT2D eigenvalue weighted by atomic mass is 10.3. The summed E-state index contributed by atoms with van der Waals surface area (Å²) in [4.78, 5) is 22.6. The second-order valence-corrected chi connectivity index (χ2v) is 3.55. The Hall–Kier alpha value is -2.43. The van der Waals surface area contributed by atoms with Crippen LogP contribution in [0.3, 0.4) is 0 Å². The molecule has 0 aliphatic carbocycles. The number of esters is 1. The monoisotopic (exact) mass is 263 g/mol. The molecule has 0 heterocycles. The van der Waals surface area contributed by atoms with E-state index in [2.05, 4.69) is 5.32 Å². The molecule has 19 heavy (non-hydrogen) atoms. The molecule has 1 rings (SSSR count). The number of benzene rings is 1. The molecular formula is C14H14FNO3. The Morgan fingerprint density at radius 1 is 1.26 bits per heavy atom. The molecule has 1 amide bonds. The van der Waals surface area contributed by atoms with Crippen LogP contribution in [0, 0.1) is 5.82 Å². The summed E-state index contributed by atoms with van der Waals surface area (Å²) in [6, 6.07) is 5.28. The zero-order valence-corrected chi connectivity index (χ0v) is 10.4. The summed E-state index contributed by atoms with van der Waals surface area (Å²) in [5.41, 5.74) is 0.437. The number of rotatable bonds is 5. The Balaban J connectivity index is 2.35. The average molecular weight is 263 g/mol. The fraction of sp³-hybridized carbons (Fsp3) is 0.143. The van der Waals surface area contributed by atoms with Gasteiger partial charge in [-0.05, 0) is 31.2 Å². The van der Waals surface area contributed by atoms with Crippen molar-refractivity contribution in [2.24, 2.45) is 0 Å². The largest absolute Gasteiger partial charge is 0.452 e. The zero-order chi connectivity index (χ0) is 14.1. The van der Waals surface area contributed by atoms with E-state index in [1.807, 2.05) is 6.92 Å². The molecule has 0 saturated carbocycles. The number of halogens is 1. The first-order valence-electron chi connectivity index (χ1n) is 5.63. The molecule has 0 aliphatic heterocycles. The fourth-order valence-electron chi connectivity index (χ4n) is 1.16. The molecule has 1 aromatic carbocycles. The Bertz CT molecular complexity index is 492. The maximum atomic E-state index is 12.6. The molecule has 0 aliphatic rings. The molecule has 1 aromatic rings. The van der Waals surface area contributed by atoms with E-state index in [-0.39, 0.29) is 0 Å². The van der Waals surface area contributed by atoms with E-state index in [1.165, 1.54) is 36.4 Å². The van der Waals surface area contributed by atoms with Gasteiger partial charge < -0.3 is 10.1 Å². The molecule has 0 aromatic heterocycles. The van der Waals surface area contributed by atoms with Crippen molar-refractivity contribution in [1.82, 2.24) is 0 Å². The highest BCUT2D eigenvalue weighted by Gasteiger charge is 2.05. The standard InChI is InChI=1S/C14H14FNO3/c1-2-3-4-5-14(18)19-10-13(17)16-12-8-6-11(15)7-9-12/h2-9H,10H2,1H3,(H,16,17)/b3-2+,5-4+. The molecule has 0 atom stereocenters. The smallest absolute Gasteiger partial charge is 0.331 e. The highest BCUT2D eigenvalue weighted by molar-refractivity contribution is 5.93. The van der Waals surface area contributed by atoms with Gasteiger partial charge in [0.05, 0.1) is 0 Å². The Labute approximate surface area is 110 Å². The topological polar surface area (TPSA) is 55.4 Å². The van der Waals surface area contributed by atoms with Crippen molar-refractivity contribution in [3.05, 3.63) is 54.4 Å². The first-order chi connectivity index (χ1) is 9.11. The summed E-state index contributed by atoms with van der Waals surface area (Å²) < 4.78 is 17.3. The third-order valence-electron chi connectivity index (χ3n) is 2.01. The van der Waals surface area contributed by atoms with Gasteiger partial charge in [-0.15, -0.1) is 0 Å². The minimum atomic E-state index is -0.604. The highest BCUT2D eigenvalue weighted by atomic mass is 19.1. The van der Waals surface area contributed by atoms with Crippen molar-refractivity contribution in [3.8, 4) is 0 Å². The van der Waals surface area contributed by atoms with Crippen LogP contribution in [0.25, 0.3) is 0 Å². The van der Waals surface area contributed by atoms with Crippen molar-refractivity contribution >= 4 is 17.6 Å². The lowest BCUT2D eigenvalue weighted by molar-refractivity contribution is -0.142. The van der Waals surface area contributed by atoms with Gasteiger partial charge in [0.1, 0.15) is 5.82 Å². The Morgan fingerprint density at radius 2 is 1.95 bits per heavy atom. The number of ether oxygens (including phenoxy) is 1. The number of allylic oxidation sites excluding steroid dienone is 3. The summed E-state index contributed by atoms with van der Waals surface area (Å²) in [6.45, 7) is 1.42. The summed E-state index contributed by atoms with van der Waals surface area (Å²) in [6.07, 6.45) is 6.15. The fourth-order valence-corrected chi connectivity index (χ4v) is 1.16. The minimum Gasteiger partial charge on any atom is -0.452 e. The van der Waals surface area contributed by atoms with Crippen LogP contribution in [0.5, 0.6) is 0 Å². The van der Waals surface area contributed by atoms with E-state index in [4.69, 9.17) is 4.74 Å². The van der Waals surface area contributed by atoms with E-state index in [0.29, 0.717) is 5.69 Å². The zero-order valence-electron chi connectivity index (χ0n) is 10.4. The van der Waals surface area contributed by atoms with Gasteiger partial charge in [-0.1, -0.05) is 18.2 Å². The SMILES string of the molecule is C/C=C/C=C/C(=O)OCC(=O)Nc1ccc(F)cc1. The van der Waals surface area contributed by atoms with E-state index in [9.17, 15) is 14.0 Å². The minimum absolute atomic E-state index is 0.390. The second kappa shape index (κ2) is 7.81. The van der Waals surface area contributed by atoms with Crippen LogP contribution in [0.2, 0.25) is 0 Å². The third-order valence-corrected chi connectivity index (χ3v) is 2.01. The number of nitrogens with one attached hydrogen (secondary N) is 1. The number of anilines is 1. The van der Waals surface area contributed by atoms with Gasteiger partial charge in [0.25, 0.3) is 5.91 Å². The highest BCUT2D eigenvalue weighted by Crippen LogP contribution is 2.07. The van der Waals surface area contributed by atoms with Crippen LogP contribution in [-0.2, 0) is 14.3 Å². The third kappa shape index (κ3) is 6.16. The number of amides is 1. The maximum Gasteiger partial charge on any atom is 0.331 e. The normalized spacial score (nSPS) is 10.8. The van der Waals surface area contributed by atoms with Crippen LogP contribution in [-0.4, -0.2) is 18.5 Å². The molecule has 1 N–H and O–H groups in total. The number of hydrogen-bond donors (Lipinski definition) is 1. The summed E-state index contributed by atoms with van der Waals surface area (Å²) >= 11 is 0. The molecule has 0 spiro atoms. The van der Waals surface area contributed by atoms with Crippen LogP contribution < -0.4 is 5.32 Å². The number of carbonyl (C=O) groups excluding carboxylic acids is 2. The summed E-state index contributed by atoms with van der Waals surface area (Å²) in [5.74, 6) is -1.48. The van der Waals surface area contributed by atoms with Crippen LogP contribution in [0.4, 0.5) is 10.1 Å². The van der Waals surface area contributed by atoms with Crippen molar-refractivity contribution < 1.29 is 18.7 Å². The molecule has 0 saturated heterocycles. The molecule has 4 nitrogen and oxygen atoms in total. The van der Waals surface area contributed by atoms with E-state index >= 15 is 0 Å². The molecule has 0 bridgehead atoms. The van der Waals surface area contributed by atoms with Crippen LogP contribution >= 0.6 is 0 Å². The van der Waals surface area contributed by atoms with E-state index < -0.39 is 24.3 Å². The van der Waals surface area contributed by atoms with Gasteiger partial charge >= 0.3 is 5.97 Å². The lowest BCUT2D eigenvalue weighted by Crippen LogP contribution is -2.20. The molecule has 0 unspecified atom stereocenters. The number of hydrogen-bond acceptors (Lipinski definition) is 3. The average Bonchev–Trinajstić information content (AvgIpc) is 2.39. The Kier molecular flexibility index (Phi) is 6.02. The quantitative estimate of drug-likeness (QED) is 0.504. The van der Waals surface area contributed by atoms with Gasteiger partial charge in [0.15, 0.2) is 6.61 Å². The Morgan fingerprint density at radius 3 is 2.58 bits per heavy atom. The first kappa shape index (κ1) is 14.6. The van der Waals surface area contributed by atoms with Crippen molar-refractivity contribution in [2.45, 2.75) is 6.92 Å². The van der Waals surface area contributed by atoms with Crippen molar-refractivity contribution in [1.29, 1.82) is 0 Å². The van der Waals surface area contributed by atoms with E-state index in [0.717, 1.165) is 0 Å². The predicted molar refractivity (Wildman–Crippen MR) is 69.9 cm³/mol. The van der Waals surface area contributed by atoms with Gasteiger partial charge in [0.2, 0.25) is 0 Å². The van der Waals surface area contributed by atoms with Crippen molar-refractivity contribution in [3.63, 3.8) is 0 Å². The first-order valence-corrected chi connectivity index (χ1v) is 5.63. The van der Waals surface area contributed by atoms with Gasteiger partial charge in [0, 0.05) is 11.8 Å². The predicted octanol–water partition coefficient (Wildman–Crippen LogP) is 2.44. The molecule has 0 fully saturated rings. The molecule has 0 radical (unpaired) electrons. The van der Waals surface area contributed by atoms with E-state index in [1.54, 1.807) is 12.2 Å². The maximum absolute atomic E-state index is 12.6. The second-order valence-electron chi connectivity index (χ2n) is 3.55. The van der Waals surface area contributed by atoms with Gasteiger partial charge in [-0.3, -0.25) is 4.79 Å². The van der Waals surface area contributed by atoms with Crippen LogP contribution in [0.15, 0.2) is 48.6 Å². The lowest BCUT2D eigenvalue weighted by Gasteiger charge is -2.04. The molecular weight excluding hydrogens is 249 g/mol. The van der Waals surface area contributed by atoms with Gasteiger partial charge in [-0.2, -0.15) is 0 Å². The molecule has 5 heteroatoms. The van der Waals surface area contributed by atoms with Gasteiger partial charge in [-0.25, -0.2) is 9.18 Å². The number of carbonyl (C=O) groups is 2. The summed E-state index contributed by atoms with van der Waals surface area (Å²) in [7, 11) is 0. The molecule has 100 valence electrons.